The molecule has 1 amide bonds. The molecule has 5 nitrogen and oxygen atoms in total. The van der Waals surface area contributed by atoms with Crippen LogP contribution in [0.15, 0.2) is 53.8 Å². The van der Waals surface area contributed by atoms with E-state index in [1.165, 1.54) is 6.07 Å². The highest BCUT2D eigenvalue weighted by atomic mass is 19.2. The third-order valence-electron chi connectivity index (χ3n) is 4.82. The van der Waals surface area contributed by atoms with Crippen molar-refractivity contribution in [1.82, 2.24) is 0 Å². The lowest BCUT2D eigenvalue weighted by molar-refractivity contribution is -0.123. The number of ether oxygens (including phenoxy) is 1. The molecule has 1 N–H and O–H groups in total. The first kappa shape index (κ1) is 21.5. The van der Waals surface area contributed by atoms with E-state index in [4.69, 9.17) is 4.74 Å². The van der Waals surface area contributed by atoms with Gasteiger partial charge in [-0.25, -0.2) is 8.78 Å². The molecule has 158 valence electrons. The zero-order chi connectivity index (χ0) is 22.2. The minimum Gasteiger partial charge on any atom is -0.503 e. The number of halogens is 2. The smallest absolute Gasteiger partial charge is 0.294 e. The molecule has 1 unspecified atom stereocenters. The highest BCUT2D eigenvalue weighted by molar-refractivity contribution is 6.17. The lowest BCUT2D eigenvalue weighted by atomic mass is 9.82. The summed E-state index contributed by atoms with van der Waals surface area (Å²) in [5, 5.41) is 10.6. The second kappa shape index (κ2) is 7.89. The van der Waals surface area contributed by atoms with Crippen LogP contribution in [0.3, 0.4) is 0 Å². The molecule has 0 aliphatic carbocycles. The summed E-state index contributed by atoms with van der Waals surface area (Å²) in [7, 11) is 0. The third kappa shape index (κ3) is 3.79. The highest BCUT2D eigenvalue weighted by Crippen LogP contribution is 2.43. The average Bonchev–Trinajstić information content (AvgIpc) is 2.94. The quantitative estimate of drug-likeness (QED) is 0.756. The second-order valence-electron chi connectivity index (χ2n) is 8.02. The van der Waals surface area contributed by atoms with Gasteiger partial charge in [0, 0.05) is 17.2 Å². The molecule has 0 bridgehead atoms. The van der Waals surface area contributed by atoms with Gasteiger partial charge in [0.2, 0.25) is 0 Å². The van der Waals surface area contributed by atoms with Crippen LogP contribution in [0.5, 0.6) is 5.75 Å². The molecule has 0 aromatic heterocycles. The molecule has 0 saturated carbocycles. The number of nitrogens with zero attached hydrogens (tertiary/aromatic N) is 1. The molecule has 2 aromatic carbocycles. The monoisotopic (exact) mass is 415 g/mol. The molecule has 0 saturated heterocycles. The molecule has 2 aromatic rings. The normalized spacial score (nSPS) is 16.9. The number of anilines is 1. The van der Waals surface area contributed by atoms with Gasteiger partial charge in [-0.1, -0.05) is 32.9 Å². The van der Waals surface area contributed by atoms with E-state index in [2.05, 4.69) is 0 Å². The number of hydrogen-bond acceptors (Lipinski definition) is 4. The molecule has 1 heterocycles. The fourth-order valence-electron chi connectivity index (χ4n) is 3.37. The van der Waals surface area contributed by atoms with Gasteiger partial charge in [-0.3, -0.25) is 14.5 Å². The summed E-state index contributed by atoms with van der Waals surface area (Å²) in [6.07, 6.45) is 0. The van der Waals surface area contributed by atoms with Crippen LogP contribution in [0.1, 0.15) is 39.3 Å². The van der Waals surface area contributed by atoms with Gasteiger partial charge < -0.3 is 9.84 Å². The maximum Gasteiger partial charge on any atom is 0.294 e. The van der Waals surface area contributed by atoms with Crippen LogP contribution in [-0.4, -0.2) is 23.4 Å². The number of ketones is 1. The van der Waals surface area contributed by atoms with Crippen LogP contribution >= 0.6 is 0 Å². The summed E-state index contributed by atoms with van der Waals surface area (Å²) in [6.45, 7) is 7.34. The predicted molar refractivity (Wildman–Crippen MR) is 108 cm³/mol. The number of aliphatic hydroxyl groups excluding tert-OH is 1. The van der Waals surface area contributed by atoms with Gasteiger partial charge >= 0.3 is 0 Å². The van der Waals surface area contributed by atoms with E-state index in [0.717, 1.165) is 17.0 Å². The molecule has 1 atom stereocenters. The van der Waals surface area contributed by atoms with Crippen LogP contribution in [0, 0.1) is 17.0 Å². The Morgan fingerprint density at radius 2 is 1.73 bits per heavy atom. The van der Waals surface area contributed by atoms with Crippen molar-refractivity contribution in [1.29, 1.82) is 0 Å². The van der Waals surface area contributed by atoms with E-state index in [9.17, 15) is 23.5 Å². The fraction of sp³-hybridized carbons (Fsp3) is 0.304. The summed E-state index contributed by atoms with van der Waals surface area (Å²) in [5.74, 6) is -3.57. The van der Waals surface area contributed by atoms with Gasteiger partial charge in [-0.05, 0) is 36.8 Å². The molecular formula is C23H23F2NO4. The molecule has 0 spiro atoms. The Kier molecular flexibility index (Phi) is 5.65. The van der Waals surface area contributed by atoms with Crippen molar-refractivity contribution in [2.45, 2.75) is 33.7 Å². The first-order valence-electron chi connectivity index (χ1n) is 9.55. The van der Waals surface area contributed by atoms with Crippen molar-refractivity contribution in [3.63, 3.8) is 0 Å². The summed E-state index contributed by atoms with van der Waals surface area (Å²) in [5.41, 5.74) is -0.410. The standard InChI is InChI=1S/C23H23F2NO4/c1-5-30-15-9-6-13(7-10-15)19-18(21(28)23(2,3)4)20(27)22(29)26(19)14-8-11-16(24)17(25)12-14/h6-12,19,27H,5H2,1-4H3. The number of hydrogen-bond donors (Lipinski definition) is 1. The topological polar surface area (TPSA) is 66.8 Å². The van der Waals surface area contributed by atoms with Gasteiger partial charge in [-0.15, -0.1) is 0 Å². The van der Waals surface area contributed by atoms with Gasteiger partial charge in [0.05, 0.1) is 18.2 Å². The van der Waals surface area contributed by atoms with Crippen LogP contribution in [0.2, 0.25) is 0 Å². The van der Waals surface area contributed by atoms with Crippen molar-refractivity contribution in [3.05, 3.63) is 71.0 Å². The van der Waals surface area contributed by atoms with Crippen molar-refractivity contribution in [2.75, 3.05) is 11.5 Å². The average molecular weight is 415 g/mol. The Bertz CT molecular complexity index is 1020. The Morgan fingerprint density at radius 3 is 2.27 bits per heavy atom. The summed E-state index contributed by atoms with van der Waals surface area (Å²) < 4.78 is 32.8. The van der Waals surface area contributed by atoms with E-state index in [0.29, 0.717) is 17.9 Å². The Balaban J connectivity index is 2.17. The number of carbonyl (C=O) groups is 2. The fourth-order valence-corrected chi connectivity index (χ4v) is 3.37. The van der Waals surface area contributed by atoms with Gasteiger partial charge in [-0.2, -0.15) is 0 Å². The summed E-state index contributed by atoms with van der Waals surface area (Å²) >= 11 is 0. The van der Waals surface area contributed by atoms with E-state index >= 15 is 0 Å². The number of rotatable bonds is 5. The summed E-state index contributed by atoms with van der Waals surface area (Å²) in [4.78, 5) is 27.1. The second-order valence-corrected chi connectivity index (χ2v) is 8.02. The summed E-state index contributed by atoms with van der Waals surface area (Å²) in [6, 6.07) is 8.71. The van der Waals surface area contributed by atoms with Gasteiger partial charge in [0.1, 0.15) is 5.75 Å². The van der Waals surface area contributed by atoms with Gasteiger partial charge in [0.25, 0.3) is 5.91 Å². The molecule has 1 aliphatic heterocycles. The maximum atomic E-state index is 13.9. The number of aliphatic hydroxyl groups is 1. The zero-order valence-corrected chi connectivity index (χ0v) is 17.2. The molecule has 3 rings (SSSR count). The first-order valence-corrected chi connectivity index (χ1v) is 9.55. The Morgan fingerprint density at radius 1 is 1.10 bits per heavy atom. The van der Waals surface area contributed by atoms with Crippen LogP contribution in [0.25, 0.3) is 0 Å². The van der Waals surface area contributed by atoms with Gasteiger partial charge in [0.15, 0.2) is 23.2 Å². The third-order valence-corrected chi connectivity index (χ3v) is 4.82. The predicted octanol–water partition coefficient (Wildman–Crippen LogP) is 4.88. The lowest BCUT2D eigenvalue weighted by Gasteiger charge is -2.29. The molecule has 0 fully saturated rings. The van der Waals surface area contributed by atoms with E-state index in [1.54, 1.807) is 45.0 Å². The van der Waals surface area contributed by atoms with Crippen molar-refractivity contribution < 1.29 is 28.2 Å². The largest absolute Gasteiger partial charge is 0.503 e. The first-order chi connectivity index (χ1) is 14.1. The van der Waals surface area contributed by atoms with Crippen LogP contribution in [-0.2, 0) is 9.59 Å². The molecular weight excluding hydrogens is 392 g/mol. The molecule has 7 heteroatoms. The maximum absolute atomic E-state index is 13.9. The molecule has 1 aliphatic rings. The number of Topliss-reactive ketones (excluding diaryl/α,β-unsaturated/α-hetero) is 1. The minimum absolute atomic E-state index is 0.0287. The zero-order valence-electron chi connectivity index (χ0n) is 17.2. The Labute approximate surface area is 173 Å². The lowest BCUT2D eigenvalue weighted by Crippen LogP contribution is -2.33. The highest BCUT2D eigenvalue weighted by Gasteiger charge is 2.46. The minimum atomic E-state index is -1.14. The van der Waals surface area contributed by atoms with Crippen molar-refractivity contribution in [3.8, 4) is 5.75 Å². The van der Waals surface area contributed by atoms with Crippen LogP contribution in [0.4, 0.5) is 14.5 Å². The SMILES string of the molecule is CCOc1ccc(C2C(C(=O)C(C)(C)C)=C(O)C(=O)N2c2ccc(F)c(F)c2)cc1. The van der Waals surface area contributed by atoms with Crippen molar-refractivity contribution in [2.24, 2.45) is 5.41 Å². The van der Waals surface area contributed by atoms with Crippen molar-refractivity contribution >= 4 is 17.4 Å². The van der Waals surface area contributed by atoms with E-state index in [1.807, 2.05) is 6.92 Å². The van der Waals surface area contributed by atoms with E-state index < -0.39 is 40.5 Å². The van der Waals surface area contributed by atoms with E-state index in [-0.39, 0.29) is 11.3 Å². The number of benzene rings is 2. The molecule has 30 heavy (non-hydrogen) atoms. The Hall–Kier alpha value is -3.22. The number of amides is 1. The number of carbonyl (C=O) groups excluding carboxylic acids is 2. The van der Waals surface area contributed by atoms with Crippen LogP contribution < -0.4 is 9.64 Å². The molecule has 0 radical (unpaired) electrons.